The third kappa shape index (κ3) is 3.16. The number of nitrogens with zero attached hydrogens (tertiary/aromatic N) is 3. The fraction of sp³-hybridized carbons (Fsp3) is 0.444. The first kappa shape index (κ1) is 11.8. The lowest BCUT2D eigenvalue weighted by molar-refractivity contribution is 1.03. The Kier molecular flexibility index (Phi) is 4.14. The molecular formula is C9H12N4S3. The second kappa shape index (κ2) is 5.60. The van der Waals surface area contributed by atoms with Gasteiger partial charge in [0.25, 0.3) is 0 Å². The van der Waals surface area contributed by atoms with Gasteiger partial charge in [-0.05, 0) is 13.8 Å². The van der Waals surface area contributed by atoms with E-state index in [0.717, 1.165) is 32.5 Å². The van der Waals surface area contributed by atoms with Crippen LogP contribution in [0.15, 0.2) is 9.72 Å². The van der Waals surface area contributed by atoms with Gasteiger partial charge in [0, 0.05) is 17.6 Å². The molecule has 0 atom stereocenters. The predicted molar refractivity (Wildman–Crippen MR) is 70.5 cm³/mol. The van der Waals surface area contributed by atoms with Gasteiger partial charge in [-0.2, -0.15) is 0 Å². The van der Waals surface area contributed by atoms with Crippen molar-refractivity contribution in [3.05, 3.63) is 16.1 Å². The number of thiazole rings is 1. The van der Waals surface area contributed by atoms with Gasteiger partial charge in [-0.3, -0.25) is 0 Å². The molecule has 2 aromatic heterocycles. The molecule has 0 aromatic carbocycles. The van der Waals surface area contributed by atoms with Crippen LogP contribution in [0.1, 0.15) is 17.6 Å². The lowest BCUT2D eigenvalue weighted by Gasteiger charge is -1.92. The van der Waals surface area contributed by atoms with Crippen LogP contribution >= 0.6 is 34.4 Å². The van der Waals surface area contributed by atoms with Crippen LogP contribution in [0.2, 0.25) is 0 Å². The van der Waals surface area contributed by atoms with Crippen molar-refractivity contribution >= 4 is 39.6 Å². The lowest BCUT2D eigenvalue weighted by atomic mass is 10.6. The molecule has 0 fully saturated rings. The minimum Gasteiger partial charge on any atom is -0.360 e. The highest BCUT2D eigenvalue weighted by atomic mass is 32.2. The zero-order valence-corrected chi connectivity index (χ0v) is 11.5. The molecule has 0 amide bonds. The maximum Gasteiger partial charge on any atom is 0.205 e. The Morgan fingerprint density at radius 3 is 3.00 bits per heavy atom. The standard InChI is InChI=1S/C9H12N4S3/c1-3-10-8-13-12-7(16-8)5-15-9-11-6(2)4-14-9/h4H,3,5H2,1-2H3,(H,10,13). The molecule has 0 saturated carbocycles. The second-order valence-corrected chi connectivity index (χ2v) is 6.22. The van der Waals surface area contributed by atoms with Gasteiger partial charge in [0.15, 0.2) is 4.34 Å². The first-order valence-corrected chi connectivity index (χ1v) is 7.57. The molecule has 0 aliphatic rings. The fourth-order valence-electron chi connectivity index (χ4n) is 1.06. The van der Waals surface area contributed by atoms with Gasteiger partial charge in [-0.15, -0.1) is 21.5 Å². The first-order chi connectivity index (χ1) is 7.78. The quantitative estimate of drug-likeness (QED) is 0.848. The first-order valence-electron chi connectivity index (χ1n) is 4.89. The summed E-state index contributed by atoms with van der Waals surface area (Å²) in [5.41, 5.74) is 1.08. The highest BCUT2D eigenvalue weighted by molar-refractivity contribution is 8.00. The average Bonchev–Trinajstić information content (AvgIpc) is 2.85. The number of rotatable bonds is 5. The van der Waals surface area contributed by atoms with Crippen LogP contribution in [0.5, 0.6) is 0 Å². The maximum absolute atomic E-state index is 4.39. The molecule has 1 N–H and O–H groups in total. The molecule has 2 heterocycles. The number of thioether (sulfide) groups is 1. The molecule has 2 aromatic rings. The zero-order chi connectivity index (χ0) is 11.4. The molecule has 0 radical (unpaired) electrons. The van der Waals surface area contributed by atoms with Gasteiger partial charge in [0.05, 0.1) is 5.75 Å². The summed E-state index contributed by atoms with van der Waals surface area (Å²) in [5.74, 6) is 0.843. The lowest BCUT2D eigenvalue weighted by Crippen LogP contribution is -1.94. The number of anilines is 1. The topological polar surface area (TPSA) is 50.7 Å². The molecule has 7 heteroatoms. The van der Waals surface area contributed by atoms with Crippen molar-refractivity contribution in [2.75, 3.05) is 11.9 Å². The van der Waals surface area contributed by atoms with E-state index in [2.05, 4.69) is 25.9 Å². The molecular weight excluding hydrogens is 260 g/mol. The van der Waals surface area contributed by atoms with Crippen molar-refractivity contribution < 1.29 is 0 Å². The maximum atomic E-state index is 4.39. The van der Waals surface area contributed by atoms with Crippen LogP contribution in [0.3, 0.4) is 0 Å². The van der Waals surface area contributed by atoms with E-state index in [1.165, 1.54) is 0 Å². The Morgan fingerprint density at radius 2 is 2.31 bits per heavy atom. The fourth-order valence-corrected chi connectivity index (χ4v) is 3.70. The highest BCUT2D eigenvalue weighted by Gasteiger charge is 2.05. The number of hydrogen-bond donors (Lipinski definition) is 1. The van der Waals surface area contributed by atoms with E-state index in [1.54, 1.807) is 34.4 Å². The Hall–Kier alpha value is -0.660. The van der Waals surface area contributed by atoms with Gasteiger partial charge >= 0.3 is 0 Å². The Labute approximate surface area is 107 Å². The van der Waals surface area contributed by atoms with Crippen molar-refractivity contribution in [2.45, 2.75) is 23.9 Å². The average molecular weight is 272 g/mol. The van der Waals surface area contributed by atoms with Gasteiger partial charge in [0.1, 0.15) is 5.01 Å². The largest absolute Gasteiger partial charge is 0.360 e. The van der Waals surface area contributed by atoms with Crippen molar-refractivity contribution in [2.24, 2.45) is 0 Å². The van der Waals surface area contributed by atoms with Crippen LogP contribution in [-0.4, -0.2) is 21.7 Å². The number of aromatic nitrogens is 3. The summed E-state index contributed by atoms with van der Waals surface area (Å²) >= 11 is 5.00. The molecule has 0 aliphatic carbocycles. The minimum atomic E-state index is 0.843. The highest BCUT2D eigenvalue weighted by Crippen LogP contribution is 2.27. The molecule has 0 spiro atoms. The normalized spacial score (nSPS) is 10.6. The van der Waals surface area contributed by atoms with E-state index >= 15 is 0 Å². The van der Waals surface area contributed by atoms with Crippen LogP contribution in [0.25, 0.3) is 0 Å². The molecule has 0 saturated heterocycles. The Balaban J connectivity index is 1.89. The van der Waals surface area contributed by atoms with Gasteiger partial charge in [0.2, 0.25) is 5.13 Å². The SMILES string of the molecule is CCNc1nnc(CSc2nc(C)cs2)s1. The van der Waals surface area contributed by atoms with E-state index in [-0.39, 0.29) is 0 Å². The van der Waals surface area contributed by atoms with Crippen molar-refractivity contribution in [3.8, 4) is 0 Å². The summed E-state index contributed by atoms with van der Waals surface area (Å²) in [5, 5.41) is 15.3. The Morgan fingerprint density at radius 1 is 1.44 bits per heavy atom. The van der Waals surface area contributed by atoms with E-state index in [0.29, 0.717) is 0 Å². The second-order valence-electron chi connectivity index (χ2n) is 3.07. The third-order valence-corrected chi connectivity index (χ3v) is 4.93. The smallest absolute Gasteiger partial charge is 0.205 e. The van der Waals surface area contributed by atoms with Crippen LogP contribution in [0, 0.1) is 6.92 Å². The summed E-state index contributed by atoms with van der Waals surface area (Å²) in [6.07, 6.45) is 0. The number of aryl methyl sites for hydroxylation is 1. The van der Waals surface area contributed by atoms with Crippen LogP contribution in [0.4, 0.5) is 5.13 Å². The van der Waals surface area contributed by atoms with Gasteiger partial charge in [-0.25, -0.2) is 4.98 Å². The van der Waals surface area contributed by atoms with Crippen LogP contribution < -0.4 is 5.32 Å². The van der Waals surface area contributed by atoms with E-state index in [9.17, 15) is 0 Å². The van der Waals surface area contributed by atoms with Crippen molar-refractivity contribution in [1.29, 1.82) is 0 Å². The molecule has 0 bridgehead atoms. The number of nitrogens with one attached hydrogen (secondary N) is 1. The van der Waals surface area contributed by atoms with E-state index in [1.807, 2.05) is 13.8 Å². The summed E-state index contributed by atoms with van der Waals surface area (Å²) in [6.45, 7) is 4.94. The third-order valence-electron chi connectivity index (χ3n) is 1.71. The summed E-state index contributed by atoms with van der Waals surface area (Å²) in [6, 6.07) is 0. The minimum absolute atomic E-state index is 0.843. The van der Waals surface area contributed by atoms with E-state index in [4.69, 9.17) is 0 Å². The number of hydrogen-bond acceptors (Lipinski definition) is 7. The van der Waals surface area contributed by atoms with Crippen molar-refractivity contribution in [3.63, 3.8) is 0 Å². The predicted octanol–water partition coefficient (Wildman–Crippen LogP) is 3.03. The summed E-state index contributed by atoms with van der Waals surface area (Å²) in [4.78, 5) is 4.39. The molecule has 16 heavy (non-hydrogen) atoms. The zero-order valence-electron chi connectivity index (χ0n) is 9.06. The monoisotopic (exact) mass is 272 g/mol. The molecule has 0 unspecified atom stereocenters. The molecule has 2 rings (SSSR count). The van der Waals surface area contributed by atoms with Gasteiger partial charge < -0.3 is 5.32 Å². The van der Waals surface area contributed by atoms with Crippen molar-refractivity contribution in [1.82, 2.24) is 15.2 Å². The molecule has 86 valence electrons. The van der Waals surface area contributed by atoms with Crippen LogP contribution in [-0.2, 0) is 5.75 Å². The molecule has 0 aliphatic heterocycles. The summed E-state index contributed by atoms with van der Waals surface area (Å²) < 4.78 is 1.10. The summed E-state index contributed by atoms with van der Waals surface area (Å²) in [7, 11) is 0. The van der Waals surface area contributed by atoms with Gasteiger partial charge in [-0.1, -0.05) is 23.1 Å². The van der Waals surface area contributed by atoms with E-state index < -0.39 is 0 Å². The Bertz CT molecular complexity index is 451. The molecule has 4 nitrogen and oxygen atoms in total.